The SMILES string of the molecule is C#CCCC(C)(C)C1CCC(C)CC1Cl. The Morgan fingerprint density at radius 2 is 2.07 bits per heavy atom. The van der Waals surface area contributed by atoms with Crippen LogP contribution in [0.3, 0.4) is 0 Å². The summed E-state index contributed by atoms with van der Waals surface area (Å²) in [5, 5.41) is 0.349. The van der Waals surface area contributed by atoms with Crippen molar-refractivity contribution in [2.75, 3.05) is 0 Å². The first-order valence-electron chi connectivity index (χ1n) is 6.05. The molecule has 86 valence electrons. The first kappa shape index (κ1) is 12.9. The highest BCUT2D eigenvalue weighted by molar-refractivity contribution is 6.20. The number of hydrogen-bond donors (Lipinski definition) is 0. The monoisotopic (exact) mass is 226 g/mol. The molecule has 15 heavy (non-hydrogen) atoms. The fraction of sp³-hybridized carbons (Fsp3) is 0.857. The van der Waals surface area contributed by atoms with Gasteiger partial charge in [-0.25, -0.2) is 0 Å². The second-order valence-electron chi connectivity index (χ2n) is 5.73. The number of hydrogen-bond acceptors (Lipinski definition) is 0. The Balaban J connectivity index is 2.58. The molecule has 3 atom stereocenters. The minimum atomic E-state index is 0.304. The van der Waals surface area contributed by atoms with Gasteiger partial charge >= 0.3 is 0 Å². The Hall–Kier alpha value is -0.150. The lowest BCUT2D eigenvalue weighted by molar-refractivity contribution is 0.133. The third kappa shape index (κ3) is 3.42. The molecule has 0 nitrogen and oxygen atoms in total. The van der Waals surface area contributed by atoms with Crippen LogP contribution in [0.5, 0.6) is 0 Å². The van der Waals surface area contributed by atoms with Crippen LogP contribution in [0, 0.1) is 29.6 Å². The highest BCUT2D eigenvalue weighted by Crippen LogP contribution is 2.44. The molecule has 3 unspecified atom stereocenters. The Kier molecular flexibility index (Phi) is 4.53. The molecule has 1 aliphatic rings. The molecule has 1 aliphatic carbocycles. The number of terminal acetylenes is 1. The molecule has 1 saturated carbocycles. The molecule has 0 radical (unpaired) electrons. The third-order valence-corrected chi connectivity index (χ3v) is 4.43. The fourth-order valence-electron chi connectivity index (χ4n) is 2.77. The number of alkyl halides is 1. The second kappa shape index (κ2) is 5.26. The maximum absolute atomic E-state index is 6.49. The van der Waals surface area contributed by atoms with Gasteiger partial charge in [0.1, 0.15) is 0 Å². The van der Waals surface area contributed by atoms with Crippen LogP contribution < -0.4 is 0 Å². The van der Waals surface area contributed by atoms with E-state index in [1.54, 1.807) is 0 Å². The highest BCUT2D eigenvalue weighted by atomic mass is 35.5. The van der Waals surface area contributed by atoms with E-state index in [0.717, 1.165) is 18.8 Å². The van der Waals surface area contributed by atoms with Crippen LogP contribution in [0.4, 0.5) is 0 Å². The fourth-order valence-corrected chi connectivity index (χ4v) is 3.54. The Labute approximate surface area is 99.8 Å². The summed E-state index contributed by atoms with van der Waals surface area (Å²) in [6, 6.07) is 0. The minimum absolute atomic E-state index is 0.304. The van der Waals surface area contributed by atoms with E-state index in [0.29, 0.717) is 16.7 Å². The van der Waals surface area contributed by atoms with E-state index in [1.807, 2.05) is 0 Å². The van der Waals surface area contributed by atoms with Gasteiger partial charge in [-0.3, -0.25) is 0 Å². The van der Waals surface area contributed by atoms with Crippen molar-refractivity contribution in [3.8, 4) is 12.3 Å². The van der Waals surface area contributed by atoms with Crippen LogP contribution in [0.25, 0.3) is 0 Å². The van der Waals surface area contributed by atoms with Gasteiger partial charge < -0.3 is 0 Å². The van der Waals surface area contributed by atoms with Gasteiger partial charge in [-0.2, -0.15) is 0 Å². The quantitative estimate of drug-likeness (QED) is 0.492. The summed E-state index contributed by atoms with van der Waals surface area (Å²) >= 11 is 6.49. The molecular weight excluding hydrogens is 204 g/mol. The van der Waals surface area contributed by atoms with Gasteiger partial charge in [-0.1, -0.05) is 27.2 Å². The van der Waals surface area contributed by atoms with Crippen molar-refractivity contribution in [2.24, 2.45) is 17.3 Å². The maximum Gasteiger partial charge on any atom is 0.0371 e. The standard InChI is InChI=1S/C14H23Cl/c1-5-6-9-14(3,4)12-8-7-11(2)10-13(12)15/h1,11-13H,6-10H2,2-4H3. The summed E-state index contributed by atoms with van der Waals surface area (Å²) in [6.45, 7) is 6.95. The zero-order valence-electron chi connectivity index (χ0n) is 10.2. The molecule has 1 fully saturated rings. The van der Waals surface area contributed by atoms with Gasteiger partial charge in [-0.05, 0) is 36.5 Å². The van der Waals surface area contributed by atoms with E-state index in [-0.39, 0.29) is 0 Å². The lowest BCUT2D eigenvalue weighted by Crippen LogP contribution is -2.35. The summed E-state index contributed by atoms with van der Waals surface area (Å²) in [6.07, 6.45) is 11.1. The highest BCUT2D eigenvalue weighted by Gasteiger charge is 2.37. The van der Waals surface area contributed by atoms with Gasteiger partial charge in [0.05, 0.1) is 0 Å². The van der Waals surface area contributed by atoms with E-state index in [4.69, 9.17) is 18.0 Å². The normalized spacial score (nSPS) is 32.3. The molecule has 0 heterocycles. The molecule has 0 aromatic rings. The Morgan fingerprint density at radius 3 is 2.60 bits per heavy atom. The van der Waals surface area contributed by atoms with Crippen molar-refractivity contribution >= 4 is 11.6 Å². The van der Waals surface area contributed by atoms with Crippen LogP contribution in [0.1, 0.15) is 52.9 Å². The average molecular weight is 227 g/mol. The second-order valence-corrected chi connectivity index (χ2v) is 6.29. The number of rotatable bonds is 3. The maximum atomic E-state index is 6.49. The van der Waals surface area contributed by atoms with Crippen molar-refractivity contribution in [2.45, 2.75) is 58.3 Å². The van der Waals surface area contributed by atoms with Gasteiger partial charge in [-0.15, -0.1) is 23.9 Å². The molecule has 0 saturated heterocycles. The van der Waals surface area contributed by atoms with Crippen molar-refractivity contribution in [1.82, 2.24) is 0 Å². The van der Waals surface area contributed by atoms with Crippen LogP contribution >= 0.6 is 11.6 Å². The van der Waals surface area contributed by atoms with Crippen molar-refractivity contribution in [3.05, 3.63) is 0 Å². The van der Waals surface area contributed by atoms with Gasteiger partial charge in [0.2, 0.25) is 0 Å². The van der Waals surface area contributed by atoms with Crippen molar-refractivity contribution in [3.63, 3.8) is 0 Å². The first-order valence-corrected chi connectivity index (χ1v) is 6.48. The largest absolute Gasteiger partial charge is 0.123 e. The number of halogens is 1. The summed E-state index contributed by atoms with van der Waals surface area (Å²) in [4.78, 5) is 0. The van der Waals surface area contributed by atoms with Crippen LogP contribution in [-0.4, -0.2) is 5.38 Å². The first-order chi connectivity index (χ1) is 6.97. The summed E-state index contributed by atoms with van der Waals surface area (Å²) in [7, 11) is 0. The molecule has 0 spiro atoms. The van der Waals surface area contributed by atoms with E-state index in [1.165, 1.54) is 19.3 Å². The van der Waals surface area contributed by atoms with E-state index >= 15 is 0 Å². The molecule has 0 aromatic carbocycles. The van der Waals surface area contributed by atoms with Crippen molar-refractivity contribution in [1.29, 1.82) is 0 Å². The summed E-state index contributed by atoms with van der Waals surface area (Å²) in [5.41, 5.74) is 0.304. The van der Waals surface area contributed by atoms with Crippen molar-refractivity contribution < 1.29 is 0 Å². The predicted molar refractivity (Wildman–Crippen MR) is 68.0 cm³/mol. The van der Waals surface area contributed by atoms with Crippen LogP contribution in [-0.2, 0) is 0 Å². The smallest absolute Gasteiger partial charge is 0.0371 e. The van der Waals surface area contributed by atoms with Gasteiger partial charge in [0.25, 0.3) is 0 Å². The zero-order chi connectivity index (χ0) is 11.5. The molecular formula is C14H23Cl. The molecule has 0 aliphatic heterocycles. The van der Waals surface area contributed by atoms with E-state index in [2.05, 4.69) is 26.7 Å². The molecule has 0 bridgehead atoms. The molecule has 1 heteroatoms. The average Bonchev–Trinajstić information content (AvgIpc) is 2.14. The van der Waals surface area contributed by atoms with E-state index < -0.39 is 0 Å². The van der Waals surface area contributed by atoms with E-state index in [9.17, 15) is 0 Å². The Bertz CT molecular complexity index is 236. The lowest BCUT2D eigenvalue weighted by atomic mass is 9.67. The summed E-state index contributed by atoms with van der Waals surface area (Å²) in [5.74, 6) is 4.18. The summed E-state index contributed by atoms with van der Waals surface area (Å²) < 4.78 is 0. The predicted octanol–water partition coefficient (Wildman–Crippen LogP) is 4.47. The lowest BCUT2D eigenvalue weighted by Gasteiger charge is -2.41. The van der Waals surface area contributed by atoms with Crippen LogP contribution in [0.15, 0.2) is 0 Å². The van der Waals surface area contributed by atoms with Crippen LogP contribution in [0.2, 0.25) is 0 Å². The third-order valence-electron chi connectivity index (χ3n) is 3.95. The zero-order valence-corrected chi connectivity index (χ0v) is 11.0. The van der Waals surface area contributed by atoms with Gasteiger partial charge in [0, 0.05) is 11.8 Å². The topological polar surface area (TPSA) is 0 Å². The molecule has 0 amide bonds. The molecule has 0 aromatic heterocycles. The minimum Gasteiger partial charge on any atom is -0.123 e. The molecule has 0 N–H and O–H groups in total. The Morgan fingerprint density at radius 1 is 1.40 bits per heavy atom. The van der Waals surface area contributed by atoms with Gasteiger partial charge in [0.15, 0.2) is 0 Å². The molecule has 1 rings (SSSR count).